The lowest BCUT2D eigenvalue weighted by Gasteiger charge is -2.29. The van der Waals surface area contributed by atoms with Crippen molar-refractivity contribution in [2.45, 2.75) is 58.2 Å². The Labute approximate surface area is 161 Å². The third-order valence-corrected chi connectivity index (χ3v) is 5.42. The van der Waals surface area contributed by atoms with Crippen LogP contribution in [0, 0.1) is 12.8 Å². The number of aryl methyl sites for hydroxylation is 1. The SMILES string of the molecule is CCCC[C@@H](C(=O)N1CCCC1C(=O)Nc1ncc(C)s1)[C@H](F)C(=O)NO. The number of hydrogen-bond donors (Lipinski definition) is 3. The van der Waals surface area contributed by atoms with Gasteiger partial charge in [0.2, 0.25) is 11.8 Å². The molecular formula is C17H25FN4O4S. The number of hydrogen-bond acceptors (Lipinski definition) is 6. The number of halogens is 1. The Morgan fingerprint density at radius 2 is 2.22 bits per heavy atom. The van der Waals surface area contributed by atoms with Gasteiger partial charge in [-0.1, -0.05) is 19.8 Å². The Morgan fingerprint density at radius 3 is 2.81 bits per heavy atom. The van der Waals surface area contributed by atoms with Crippen molar-refractivity contribution in [1.82, 2.24) is 15.4 Å². The number of hydroxylamine groups is 1. The Hall–Kier alpha value is -2.07. The van der Waals surface area contributed by atoms with Gasteiger partial charge < -0.3 is 10.2 Å². The Balaban J connectivity index is 2.12. The van der Waals surface area contributed by atoms with Gasteiger partial charge in [0.1, 0.15) is 6.04 Å². The Kier molecular flexibility index (Phi) is 7.66. The molecule has 0 radical (unpaired) electrons. The summed E-state index contributed by atoms with van der Waals surface area (Å²) in [6.07, 6.45) is 2.00. The quantitative estimate of drug-likeness (QED) is 0.457. The van der Waals surface area contributed by atoms with Gasteiger partial charge in [0.25, 0.3) is 5.91 Å². The van der Waals surface area contributed by atoms with Crippen LogP contribution in [0.25, 0.3) is 0 Å². The molecular weight excluding hydrogens is 375 g/mol. The predicted octanol–water partition coefficient (Wildman–Crippen LogP) is 2.03. The fourth-order valence-electron chi connectivity index (χ4n) is 3.18. The van der Waals surface area contributed by atoms with Crippen LogP contribution < -0.4 is 10.8 Å². The first-order valence-electron chi connectivity index (χ1n) is 9.00. The fraction of sp³-hybridized carbons (Fsp3) is 0.647. The summed E-state index contributed by atoms with van der Waals surface area (Å²) in [5.41, 5.74) is 1.27. The van der Waals surface area contributed by atoms with E-state index in [2.05, 4.69) is 10.3 Å². The summed E-state index contributed by atoms with van der Waals surface area (Å²) in [5.74, 6) is -3.42. The minimum absolute atomic E-state index is 0.167. The topological polar surface area (TPSA) is 112 Å². The molecule has 3 amide bonds. The van der Waals surface area contributed by atoms with Crippen molar-refractivity contribution in [3.8, 4) is 0 Å². The minimum Gasteiger partial charge on any atom is -0.330 e. The predicted molar refractivity (Wildman–Crippen MR) is 98.1 cm³/mol. The number of aromatic nitrogens is 1. The average molecular weight is 400 g/mol. The minimum atomic E-state index is -2.17. The molecule has 150 valence electrons. The van der Waals surface area contributed by atoms with E-state index in [1.54, 1.807) is 6.20 Å². The number of rotatable bonds is 8. The van der Waals surface area contributed by atoms with Gasteiger partial charge in [-0.25, -0.2) is 14.9 Å². The van der Waals surface area contributed by atoms with Crippen molar-refractivity contribution in [1.29, 1.82) is 0 Å². The van der Waals surface area contributed by atoms with Crippen molar-refractivity contribution < 1.29 is 24.0 Å². The second-order valence-electron chi connectivity index (χ2n) is 6.58. The number of amides is 3. The molecule has 2 rings (SSSR count). The summed E-state index contributed by atoms with van der Waals surface area (Å²) in [7, 11) is 0. The van der Waals surface area contributed by atoms with Gasteiger partial charge in [0.15, 0.2) is 11.3 Å². The first-order chi connectivity index (χ1) is 12.9. The van der Waals surface area contributed by atoms with E-state index >= 15 is 0 Å². The third kappa shape index (κ3) is 5.23. The molecule has 1 aromatic rings. The van der Waals surface area contributed by atoms with E-state index in [4.69, 9.17) is 5.21 Å². The second kappa shape index (κ2) is 9.75. The van der Waals surface area contributed by atoms with Crippen molar-refractivity contribution >= 4 is 34.2 Å². The van der Waals surface area contributed by atoms with Crippen LogP contribution in [0.1, 0.15) is 43.9 Å². The molecule has 0 saturated carbocycles. The number of nitrogens with one attached hydrogen (secondary N) is 2. The number of thiazole rings is 1. The van der Waals surface area contributed by atoms with Gasteiger partial charge in [-0.3, -0.25) is 19.6 Å². The first-order valence-corrected chi connectivity index (χ1v) is 9.82. The number of nitrogens with zero attached hydrogens (tertiary/aromatic N) is 2. The molecule has 3 N–H and O–H groups in total. The molecule has 0 bridgehead atoms. The lowest BCUT2D eigenvalue weighted by Crippen LogP contribution is -2.49. The van der Waals surface area contributed by atoms with Crippen molar-refractivity contribution in [3.63, 3.8) is 0 Å². The summed E-state index contributed by atoms with van der Waals surface area (Å²) in [6, 6.07) is -0.727. The lowest BCUT2D eigenvalue weighted by atomic mass is 9.94. The van der Waals surface area contributed by atoms with Crippen LogP contribution in [0.2, 0.25) is 0 Å². The zero-order chi connectivity index (χ0) is 20.0. The maximum Gasteiger partial charge on any atom is 0.278 e. The summed E-state index contributed by atoms with van der Waals surface area (Å²) in [5, 5.41) is 11.8. The molecule has 1 saturated heterocycles. The van der Waals surface area contributed by atoms with Gasteiger partial charge in [-0.05, 0) is 26.2 Å². The smallest absolute Gasteiger partial charge is 0.278 e. The molecule has 2 heterocycles. The number of likely N-dealkylation sites (tertiary alicyclic amines) is 1. The van der Waals surface area contributed by atoms with Crippen LogP contribution in [0.3, 0.4) is 0 Å². The zero-order valence-electron chi connectivity index (χ0n) is 15.4. The lowest BCUT2D eigenvalue weighted by molar-refractivity contribution is -0.148. The number of anilines is 1. The zero-order valence-corrected chi connectivity index (χ0v) is 16.2. The molecule has 0 spiro atoms. The van der Waals surface area contributed by atoms with E-state index < -0.39 is 29.9 Å². The van der Waals surface area contributed by atoms with E-state index in [1.807, 2.05) is 13.8 Å². The summed E-state index contributed by atoms with van der Waals surface area (Å²) in [6.45, 7) is 4.08. The van der Waals surface area contributed by atoms with Crippen LogP contribution in [0.4, 0.5) is 9.52 Å². The second-order valence-corrected chi connectivity index (χ2v) is 7.82. The van der Waals surface area contributed by atoms with Crippen molar-refractivity contribution in [3.05, 3.63) is 11.1 Å². The summed E-state index contributed by atoms with van der Waals surface area (Å²) in [4.78, 5) is 43.4. The van der Waals surface area contributed by atoms with Gasteiger partial charge >= 0.3 is 0 Å². The van der Waals surface area contributed by atoms with Gasteiger partial charge in [-0.2, -0.15) is 0 Å². The fourth-order valence-corrected chi connectivity index (χ4v) is 3.85. The molecule has 0 aliphatic carbocycles. The Morgan fingerprint density at radius 1 is 1.48 bits per heavy atom. The van der Waals surface area contributed by atoms with E-state index in [9.17, 15) is 18.8 Å². The molecule has 0 aromatic carbocycles. The number of alkyl halides is 1. The largest absolute Gasteiger partial charge is 0.330 e. The van der Waals surface area contributed by atoms with Crippen LogP contribution in [-0.4, -0.2) is 51.6 Å². The average Bonchev–Trinajstić information content (AvgIpc) is 3.29. The molecule has 1 fully saturated rings. The molecule has 10 heteroatoms. The first kappa shape index (κ1) is 21.2. The number of carbonyl (C=O) groups is 3. The van der Waals surface area contributed by atoms with Crippen LogP contribution in [0.15, 0.2) is 6.20 Å². The van der Waals surface area contributed by atoms with Gasteiger partial charge in [0, 0.05) is 17.6 Å². The third-order valence-electron chi connectivity index (χ3n) is 4.59. The van der Waals surface area contributed by atoms with E-state index in [1.165, 1.54) is 21.7 Å². The Bertz CT molecular complexity index is 684. The van der Waals surface area contributed by atoms with E-state index in [0.717, 1.165) is 11.3 Å². The molecule has 1 aliphatic rings. The normalized spacial score (nSPS) is 18.8. The van der Waals surface area contributed by atoms with Crippen LogP contribution in [0.5, 0.6) is 0 Å². The van der Waals surface area contributed by atoms with E-state index in [-0.39, 0.29) is 12.3 Å². The molecule has 3 atom stereocenters. The van der Waals surface area contributed by atoms with Gasteiger partial charge in [0.05, 0.1) is 5.92 Å². The highest BCUT2D eigenvalue weighted by atomic mass is 32.1. The molecule has 27 heavy (non-hydrogen) atoms. The maximum absolute atomic E-state index is 14.4. The summed E-state index contributed by atoms with van der Waals surface area (Å²) >= 11 is 1.33. The van der Waals surface area contributed by atoms with Crippen molar-refractivity contribution in [2.24, 2.45) is 5.92 Å². The monoisotopic (exact) mass is 400 g/mol. The highest BCUT2D eigenvalue weighted by molar-refractivity contribution is 7.15. The number of carbonyl (C=O) groups excluding carboxylic acids is 3. The van der Waals surface area contributed by atoms with Gasteiger partial charge in [-0.15, -0.1) is 11.3 Å². The van der Waals surface area contributed by atoms with Crippen LogP contribution >= 0.6 is 11.3 Å². The molecule has 1 aliphatic heterocycles. The standard InChI is InChI=1S/C17H25FN4O4S/c1-3-4-6-11(13(18)15(24)21-26)16(25)22-8-5-7-12(22)14(23)20-17-19-9-10(2)27-17/h9,11-13,26H,3-8H2,1-2H3,(H,21,24)(H,19,20,23)/t11-,12?,13+/m1/s1. The highest BCUT2D eigenvalue weighted by Gasteiger charge is 2.41. The summed E-state index contributed by atoms with van der Waals surface area (Å²) < 4.78 is 14.4. The maximum atomic E-state index is 14.4. The van der Waals surface area contributed by atoms with Crippen LogP contribution in [-0.2, 0) is 14.4 Å². The molecule has 1 aromatic heterocycles. The molecule has 8 nitrogen and oxygen atoms in total. The van der Waals surface area contributed by atoms with Crippen molar-refractivity contribution in [2.75, 3.05) is 11.9 Å². The van der Waals surface area contributed by atoms with E-state index in [0.29, 0.717) is 30.9 Å². The number of unbranched alkanes of at least 4 members (excludes halogenated alkanes) is 1. The highest BCUT2D eigenvalue weighted by Crippen LogP contribution is 2.27. The molecule has 1 unspecified atom stereocenters.